The molecule has 134 valence electrons. The Kier molecular flexibility index (Phi) is 6.34. The third-order valence-electron chi connectivity index (χ3n) is 3.18. The van der Waals surface area contributed by atoms with Gasteiger partial charge in [-0.1, -0.05) is 17.7 Å². The van der Waals surface area contributed by atoms with E-state index in [1.54, 1.807) is 24.3 Å². The number of nitro benzene ring substituents is 1. The van der Waals surface area contributed by atoms with Gasteiger partial charge >= 0.3 is 0 Å². The highest BCUT2D eigenvalue weighted by molar-refractivity contribution is 6.30. The van der Waals surface area contributed by atoms with Crippen LogP contribution >= 0.6 is 11.6 Å². The number of carbonyl (C=O) groups excluding carboxylic acids is 1. The Morgan fingerprint density at radius 1 is 1.35 bits per heavy atom. The SMILES string of the molecule is CC(Oc1cccc(Cl)c1)C(=O)N/N=C/c1cc([N+](=O)[O-])ccc1N=O. The van der Waals surface area contributed by atoms with Gasteiger partial charge in [-0.15, -0.1) is 4.91 Å². The predicted octanol–water partition coefficient (Wildman–Crippen LogP) is 3.56. The van der Waals surface area contributed by atoms with Gasteiger partial charge in [-0.05, 0) is 36.4 Å². The Hall–Kier alpha value is -3.33. The van der Waals surface area contributed by atoms with Crippen LogP contribution in [0.3, 0.4) is 0 Å². The molecule has 0 radical (unpaired) electrons. The van der Waals surface area contributed by atoms with Crippen molar-refractivity contribution in [3.8, 4) is 5.75 Å². The summed E-state index contributed by atoms with van der Waals surface area (Å²) in [4.78, 5) is 32.9. The minimum Gasteiger partial charge on any atom is -0.481 e. The number of halogens is 1. The van der Waals surface area contributed by atoms with Gasteiger partial charge in [0.05, 0.1) is 11.1 Å². The lowest BCUT2D eigenvalue weighted by atomic mass is 10.2. The number of nitro groups is 1. The zero-order valence-corrected chi connectivity index (χ0v) is 14.2. The number of hydrazone groups is 1. The maximum absolute atomic E-state index is 12.0. The summed E-state index contributed by atoms with van der Waals surface area (Å²) < 4.78 is 5.43. The summed E-state index contributed by atoms with van der Waals surface area (Å²) in [5.41, 5.74) is 2.04. The Labute approximate surface area is 152 Å². The van der Waals surface area contributed by atoms with Gasteiger partial charge in [-0.2, -0.15) is 5.10 Å². The second-order valence-electron chi connectivity index (χ2n) is 5.04. The Balaban J connectivity index is 2.03. The van der Waals surface area contributed by atoms with Crippen LogP contribution in [0.2, 0.25) is 5.02 Å². The van der Waals surface area contributed by atoms with Crippen molar-refractivity contribution in [2.75, 3.05) is 0 Å². The lowest BCUT2D eigenvalue weighted by Crippen LogP contribution is -2.33. The lowest BCUT2D eigenvalue weighted by molar-refractivity contribution is -0.384. The number of hydrogen-bond acceptors (Lipinski definition) is 7. The highest BCUT2D eigenvalue weighted by Gasteiger charge is 2.14. The van der Waals surface area contributed by atoms with Gasteiger partial charge in [0.2, 0.25) is 0 Å². The molecule has 2 aromatic carbocycles. The Morgan fingerprint density at radius 2 is 2.12 bits per heavy atom. The molecule has 0 spiro atoms. The summed E-state index contributed by atoms with van der Waals surface area (Å²) in [5.74, 6) is -0.150. The van der Waals surface area contributed by atoms with E-state index in [9.17, 15) is 19.8 Å². The number of non-ortho nitro benzene ring substituents is 1. The van der Waals surface area contributed by atoms with Crippen molar-refractivity contribution in [2.45, 2.75) is 13.0 Å². The molecule has 0 aromatic heterocycles. The highest BCUT2D eigenvalue weighted by atomic mass is 35.5. The number of nitroso groups, excluding NO2 is 1. The maximum Gasteiger partial charge on any atom is 0.280 e. The van der Waals surface area contributed by atoms with Crippen molar-refractivity contribution >= 4 is 35.1 Å². The van der Waals surface area contributed by atoms with E-state index in [2.05, 4.69) is 15.7 Å². The van der Waals surface area contributed by atoms with E-state index in [0.717, 1.165) is 18.3 Å². The third kappa shape index (κ3) is 5.08. The number of amides is 1. The molecule has 0 saturated heterocycles. The summed E-state index contributed by atoms with van der Waals surface area (Å²) in [6.45, 7) is 1.51. The predicted molar refractivity (Wildman–Crippen MR) is 95.8 cm³/mol. The second kappa shape index (κ2) is 8.67. The highest BCUT2D eigenvalue weighted by Crippen LogP contribution is 2.23. The Bertz CT molecular complexity index is 871. The number of nitrogens with zero attached hydrogens (tertiary/aromatic N) is 3. The number of hydrogen-bond donors (Lipinski definition) is 1. The summed E-state index contributed by atoms with van der Waals surface area (Å²) in [7, 11) is 0. The van der Waals surface area contributed by atoms with Crippen LogP contribution < -0.4 is 10.2 Å². The fourth-order valence-electron chi connectivity index (χ4n) is 1.90. The molecule has 26 heavy (non-hydrogen) atoms. The van der Waals surface area contributed by atoms with E-state index in [4.69, 9.17) is 16.3 Å². The van der Waals surface area contributed by atoms with E-state index < -0.39 is 16.9 Å². The van der Waals surface area contributed by atoms with Crippen LogP contribution in [0.5, 0.6) is 5.75 Å². The number of rotatable bonds is 7. The molecule has 10 heteroatoms. The van der Waals surface area contributed by atoms with Gasteiger partial charge in [-0.25, -0.2) is 5.43 Å². The minimum atomic E-state index is -0.876. The first-order valence-electron chi connectivity index (χ1n) is 7.27. The topological polar surface area (TPSA) is 123 Å². The van der Waals surface area contributed by atoms with Gasteiger partial charge in [0.1, 0.15) is 11.4 Å². The Morgan fingerprint density at radius 3 is 2.77 bits per heavy atom. The molecule has 0 aliphatic rings. The monoisotopic (exact) mass is 376 g/mol. The molecule has 0 heterocycles. The fourth-order valence-corrected chi connectivity index (χ4v) is 2.08. The fraction of sp³-hybridized carbons (Fsp3) is 0.125. The van der Waals surface area contributed by atoms with Crippen LogP contribution in [-0.4, -0.2) is 23.1 Å². The largest absolute Gasteiger partial charge is 0.481 e. The van der Waals surface area contributed by atoms with Crippen LogP contribution in [0.1, 0.15) is 12.5 Å². The van der Waals surface area contributed by atoms with Crippen molar-refractivity contribution < 1.29 is 14.5 Å². The molecule has 1 atom stereocenters. The van der Waals surface area contributed by atoms with Gasteiger partial charge in [0, 0.05) is 22.7 Å². The van der Waals surface area contributed by atoms with Crippen molar-refractivity contribution in [1.82, 2.24) is 5.43 Å². The zero-order chi connectivity index (χ0) is 19.1. The molecule has 0 aliphatic heterocycles. The molecular weight excluding hydrogens is 364 g/mol. The van der Waals surface area contributed by atoms with Crippen molar-refractivity contribution in [2.24, 2.45) is 10.3 Å². The maximum atomic E-state index is 12.0. The van der Waals surface area contributed by atoms with E-state index in [0.29, 0.717) is 10.8 Å². The standard InChI is InChI=1S/C16H13ClN4O5/c1-10(26-14-4-2-3-12(17)8-14)16(22)19-18-9-11-7-13(21(24)25)5-6-15(11)20-23/h2-10H,1H3,(H,19,22)/b18-9+. The molecule has 1 N–H and O–H groups in total. The van der Waals surface area contributed by atoms with Crippen LogP contribution in [-0.2, 0) is 4.79 Å². The molecule has 0 bridgehead atoms. The third-order valence-corrected chi connectivity index (χ3v) is 3.41. The molecular formula is C16H13ClN4O5. The van der Waals surface area contributed by atoms with E-state index in [-0.39, 0.29) is 16.9 Å². The summed E-state index contributed by atoms with van der Waals surface area (Å²) in [6.07, 6.45) is 0.215. The van der Waals surface area contributed by atoms with Crippen LogP contribution in [0.15, 0.2) is 52.7 Å². The van der Waals surface area contributed by atoms with E-state index in [1.807, 2.05) is 0 Å². The number of ether oxygens (including phenoxy) is 1. The smallest absolute Gasteiger partial charge is 0.280 e. The van der Waals surface area contributed by atoms with E-state index in [1.165, 1.54) is 13.0 Å². The summed E-state index contributed by atoms with van der Waals surface area (Å²) >= 11 is 5.84. The lowest BCUT2D eigenvalue weighted by Gasteiger charge is -2.12. The molecule has 1 amide bonds. The quantitative estimate of drug-likeness (QED) is 0.342. The first-order valence-corrected chi connectivity index (χ1v) is 7.65. The molecule has 1 unspecified atom stereocenters. The minimum absolute atomic E-state index is 0.0446. The van der Waals surface area contributed by atoms with Crippen LogP contribution in [0.4, 0.5) is 11.4 Å². The number of nitrogens with one attached hydrogen (secondary N) is 1. The summed E-state index contributed by atoms with van der Waals surface area (Å²) in [5, 5.41) is 17.7. The number of benzene rings is 2. The molecule has 9 nitrogen and oxygen atoms in total. The molecule has 2 rings (SSSR count). The molecule has 2 aromatic rings. The van der Waals surface area contributed by atoms with Crippen LogP contribution in [0, 0.1) is 15.0 Å². The average molecular weight is 377 g/mol. The first kappa shape index (κ1) is 19.0. The normalized spacial score (nSPS) is 11.8. The second-order valence-corrected chi connectivity index (χ2v) is 5.48. The van der Waals surface area contributed by atoms with Crippen molar-refractivity contribution in [3.63, 3.8) is 0 Å². The molecule has 0 fully saturated rings. The van der Waals surface area contributed by atoms with Gasteiger partial charge in [0.25, 0.3) is 11.6 Å². The van der Waals surface area contributed by atoms with Gasteiger partial charge in [-0.3, -0.25) is 14.9 Å². The van der Waals surface area contributed by atoms with Crippen LogP contribution in [0.25, 0.3) is 0 Å². The first-order chi connectivity index (χ1) is 12.4. The number of carbonyl (C=O) groups is 1. The van der Waals surface area contributed by atoms with Gasteiger partial charge < -0.3 is 4.74 Å². The van der Waals surface area contributed by atoms with Crippen molar-refractivity contribution in [3.05, 3.63) is 68.1 Å². The molecule has 0 saturated carbocycles. The van der Waals surface area contributed by atoms with Crippen molar-refractivity contribution in [1.29, 1.82) is 0 Å². The average Bonchev–Trinajstić information content (AvgIpc) is 2.61. The zero-order valence-electron chi connectivity index (χ0n) is 13.5. The van der Waals surface area contributed by atoms with E-state index >= 15 is 0 Å². The summed E-state index contributed by atoms with van der Waals surface area (Å²) in [6, 6.07) is 10.0. The van der Waals surface area contributed by atoms with Gasteiger partial charge in [0.15, 0.2) is 6.10 Å². The molecule has 0 aliphatic carbocycles.